The van der Waals surface area contributed by atoms with Gasteiger partial charge in [0.25, 0.3) is 0 Å². The Morgan fingerprint density at radius 2 is 1.71 bits per heavy atom. The van der Waals surface area contributed by atoms with Gasteiger partial charge < -0.3 is 15.7 Å². The minimum Gasteiger partial charge on any atom is -0.396 e. The molecule has 0 aliphatic heterocycles. The van der Waals surface area contributed by atoms with E-state index in [1.807, 2.05) is 0 Å². The Morgan fingerprint density at radius 1 is 1.10 bits per heavy atom. The number of aliphatic hydroxyl groups excluding tert-OH is 1. The zero-order valence-electron chi connectivity index (χ0n) is 11.9. The highest BCUT2D eigenvalue weighted by Gasteiger charge is 2.03. The number of nitrogens with one attached hydrogen (secondary N) is 3. The van der Waals surface area contributed by atoms with Gasteiger partial charge >= 0.3 is 6.03 Å². The van der Waals surface area contributed by atoms with Crippen LogP contribution < -0.4 is 15.4 Å². The highest BCUT2D eigenvalue weighted by molar-refractivity contribution is 7.92. The SMILES string of the molecule is CS(=O)(=O)Nc1ccc(NC(=O)NCCCCCO)cc1. The molecular weight excluding hydrogens is 294 g/mol. The van der Waals surface area contributed by atoms with Crippen molar-refractivity contribution in [3.63, 3.8) is 0 Å². The maximum Gasteiger partial charge on any atom is 0.319 e. The van der Waals surface area contributed by atoms with E-state index in [1.165, 1.54) is 0 Å². The van der Waals surface area contributed by atoms with Crippen LogP contribution in [0.15, 0.2) is 24.3 Å². The molecule has 0 unspecified atom stereocenters. The van der Waals surface area contributed by atoms with Crippen molar-refractivity contribution >= 4 is 27.4 Å². The lowest BCUT2D eigenvalue weighted by Crippen LogP contribution is -2.29. The minimum absolute atomic E-state index is 0.167. The lowest BCUT2D eigenvalue weighted by Gasteiger charge is -2.08. The van der Waals surface area contributed by atoms with E-state index in [0.717, 1.165) is 25.5 Å². The van der Waals surface area contributed by atoms with E-state index in [9.17, 15) is 13.2 Å². The van der Waals surface area contributed by atoms with Gasteiger partial charge in [0.15, 0.2) is 0 Å². The minimum atomic E-state index is -3.30. The quantitative estimate of drug-likeness (QED) is 0.543. The molecule has 0 radical (unpaired) electrons. The smallest absolute Gasteiger partial charge is 0.319 e. The first kappa shape index (κ1) is 17.3. The first-order chi connectivity index (χ1) is 9.90. The standard InChI is InChI=1S/C13H21N3O4S/c1-21(19,20)16-12-7-5-11(6-8-12)15-13(18)14-9-3-2-4-10-17/h5-8,16-17H,2-4,9-10H2,1H3,(H2,14,15,18). The predicted octanol–water partition coefficient (Wildman–Crippen LogP) is 1.34. The number of rotatable bonds is 8. The molecule has 0 aliphatic carbocycles. The van der Waals surface area contributed by atoms with E-state index < -0.39 is 10.0 Å². The molecule has 0 atom stereocenters. The maximum absolute atomic E-state index is 11.6. The molecule has 4 N–H and O–H groups in total. The average Bonchev–Trinajstić information content (AvgIpc) is 2.39. The topological polar surface area (TPSA) is 108 Å². The number of amides is 2. The molecule has 8 heteroatoms. The van der Waals surface area contributed by atoms with Gasteiger partial charge in [-0.3, -0.25) is 4.72 Å². The first-order valence-electron chi connectivity index (χ1n) is 6.64. The van der Waals surface area contributed by atoms with Crippen molar-refractivity contribution in [2.75, 3.05) is 29.4 Å². The lowest BCUT2D eigenvalue weighted by molar-refractivity contribution is 0.251. The largest absolute Gasteiger partial charge is 0.396 e. The zero-order chi connectivity index (χ0) is 15.7. The van der Waals surface area contributed by atoms with Gasteiger partial charge in [0, 0.05) is 24.5 Å². The molecule has 2 amide bonds. The van der Waals surface area contributed by atoms with Crippen molar-refractivity contribution in [1.82, 2.24) is 5.32 Å². The Kier molecular flexibility index (Phi) is 6.97. The number of unbranched alkanes of at least 4 members (excludes halogenated alkanes) is 2. The fraction of sp³-hybridized carbons (Fsp3) is 0.462. The molecule has 0 spiro atoms. The third-order valence-electron chi connectivity index (χ3n) is 2.57. The van der Waals surface area contributed by atoms with Gasteiger partial charge in [0.2, 0.25) is 10.0 Å². The third kappa shape index (κ3) is 8.16. The number of urea groups is 1. The monoisotopic (exact) mass is 315 g/mol. The number of anilines is 2. The Balaban J connectivity index is 2.36. The number of hydrogen-bond donors (Lipinski definition) is 4. The summed E-state index contributed by atoms with van der Waals surface area (Å²) in [6.45, 7) is 0.708. The molecule has 0 heterocycles. The van der Waals surface area contributed by atoms with Crippen molar-refractivity contribution in [3.05, 3.63) is 24.3 Å². The number of hydrogen-bond acceptors (Lipinski definition) is 4. The van der Waals surface area contributed by atoms with Crippen molar-refractivity contribution in [3.8, 4) is 0 Å². The lowest BCUT2D eigenvalue weighted by atomic mass is 10.2. The molecule has 1 aromatic carbocycles. The normalized spacial score (nSPS) is 11.0. The number of aliphatic hydroxyl groups is 1. The van der Waals surface area contributed by atoms with Crippen molar-refractivity contribution in [2.45, 2.75) is 19.3 Å². The van der Waals surface area contributed by atoms with Gasteiger partial charge in [-0.25, -0.2) is 13.2 Å². The number of carbonyl (C=O) groups is 1. The second-order valence-electron chi connectivity index (χ2n) is 4.62. The van der Waals surface area contributed by atoms with E-state index in [0.29, 0.717) is 17.9 Å². The Hall–Kier alpha value is -1.80. The summed E-state index contributed by atoms with van der Waals surface area (Å²) < 4.78 is 24.4. The fourth-order valence-electron chi connectivity index (χ4n) is 1.63. The van der Waals surface area contributed by atoms with Gasteiger partial charge in [-0.05, 0) is 43.5 Å². The van der Waals surface area contributed by atoms with Crippen LogP contribution in [0.5, 0.6) is 0 Å². The fourth-order valence-corrected chi connectivity index (χ4v) is 2.19. The molecule has 0 saturated carbocycles. The van der Waals surface area contributed by atoms with E-state index in [2.05, 4.69) is 15.4 Å². The first-order valence-corrected chi connectivity index (χ1v) is 8.53. The average molecular weight is 315 g/mol. The van der Waals surface area contributed by atoms with Gasteiger partial charge in [-0.1, -0.05) is 0 Å². The summed E-state index contributed by atoms with van der Waals surface area (Å²) in [6.07, 6.45) is 3.48. The van der Waals surface area contributed by atoms with E-state index in [1.54, 1.807) is 24.3 Å². The number of sulfonamides is 1. The van der Waals surface area contributed by atoms with Crippen LogP contribution in [0.25, 0.3) is 0 Å². The van der Waals surface area contributed by atoms with Gasteiger partial charge in [-0.2, -0.15) is 0 Å². The van der Waals surface area contributed by atoms with Crippen molar-refractivity contribution in [1.29, 1.82) is 0 Å². The summed E-state index contributed by atoms with van der Waals surface area (Å²) in [6, 6.07) is 6.04. The molecule has 0 bridgehead atoms. The van der Waals surface area contributed by atoms with E-state index >= 15 is 0 Å². The van der Waals surface area contributed by atoms with Crippen LogP contribution in [0, 0.1) is 0 Å². The summed E-state index contributed by atoms with van der Waals surface area (Å²) in [5, 5.41) is 14.0. The summed E-state index contributed by atoms with van der Waals surface area (Å²) in [7, 11) is -3.30. The molecule has 0 aliphatic rings. The molecule has 1 rings (SSSR count). The molecule has 0 aromatic heterocycles. The molecule has 21 heavy (non-hydrogen) atoms. The van der Waals surface area contributed by atoms with Crippen LogP contribution in [0.4, 0.5) is 16.2 Å². The summed E-state index contributed by atoms with van der Waals surface area (Å²) >= 11 is 0. The van der Waals surface area contributed by atoms with Gasteiger partial charge in [0.1, 0.15) is 0 Å². The molecule has 7 nitrogen and oxygen atoms in total. The van der Waals surface area contributed by atoms with Crippen molar-refractivity contribution in [2.24, 2.45) is 0 Å². The van der Waals surface area contributed by atoms with E-state index in [4.69, 9.17) is 5.11 Å². The maximum atomic E-state index is 11.6. The predicted molar refractivity (Wildman–Crippen MR) is 82.9 cm³/mol. The van der Waals surface area contributed by atoms with Crippen LogP contribution >= 0.6 is 0 Å². The van der Waals surface area contributed by atoms with Gasteiger partial charge in [0.05, 0.1) is 6.26 Å². The molecule has 0 saturated heterocycles. The van der Waals surface area contributed by atoms with Crippen LogP contribution in [0.3, 0.4) is 0 Å². The number of carbonyl (C=O) groups excluding carboxylic acids is 1. The highest BCUT2D eigenvalue weighted by atomic mass is 32.2. The summed E-state index contributed by atoms with van der Waals surface area (Å²) in [5.41, 5.74) is 1.01. The molecule has 0 fully saturated rings. The van der Waals surface area contributed by atoms with Crippen LogP contribution in [-0.4, -0.2) is 39.0 Å². The van der Waals surface area contributed by atoms with Crippen LogP contribution in [0.2, 0.25) is 0 Å². The Bertz CT molecular complexity index is 543. The van der Waals surface area contributed by atoms with Crippen LogP contribution in [-0.2, 0) is 10.0 Å². The van der Waals surface area contributed by atoms with Crippen LogP contribution in [0.1, 0.15) is 19.3 Å². The summed E-state index contributed by atoms with van der Waals surface area (Å²) in [4.78, 5) is 11.6. The summed E-state index contributed by atoms with van der Waals surface area (Å²) in [5.74, 6) is 0. The zero-order valence-corrected chi connectivity index (χ0v) is 12.7. The van der Waals surface area contributed by atoms with Gasteiger partial charge in [-0.15, -0.1) is 0 Å². The molecular formula is C13H21N3O4S. The Labute approximate surface area is 124 Å². The second kappa shape index (κ2) is 8.48. The second-order valence-corrected chi connectivity index (χ2v) is 6.37. The Morgan fingerprint density at radius 3 is 2.29 bits per heavy atom. The molecule has 1 aromatic rings. The number of benzene rings is 1. The molecule has 118 valence electrons. The highest BCUT2D eigenvalue weighted by Crippen LogP contribution is 2.14. The van der Waals surface area contributed by atoms with Crippen molar-refractivity contribution < 1.29 is 18.3 Å². The third-order valence-corrected chi connectivity index (χ3v) is 3.17. The van der Waals surface area contributed by atoms with E-state index in [-0.39, 0.29) is 12.6 Å².